The predicted octanol–water partition coefficient (Wildman–Crippen LogP) is 2.50. The van der Waals surface area contributed by atoms with Crippen molar-refractivity contribution in [3.63, 3.8) is 0 Å². The Morgan fingerprint density at radius 3 is 2.48 bits per heavy atom. The van der Waals surface area contributed by atoms with Crippen molar-refractivity contribution in [2.24, 2.45) is 0 Å². The molecule has 3 rings (SSSR count). The first kappa shape index (κ1) is 16.7. The largest absolute Gasteiger partial charge is 0.328 e. The summed E-state index contributed by atoms with van der Waals surface area (Å²) in [6.07, 6.45) is 1.26. The number of aromatic nitrogens is 2. The van der Waals surface area contributed by atoms with Gasteiger partial charge in [-0.1, -0.05) is 48.0 Å². The van der Waals surface area contributed by atoms with Crippen LogP contribution in [0, 0.1) is 0 Å². The molecule has 7 heteroatoms. The van der Waals surface area contributed by atoms with Gasteiger partial charge < -0.3 is 5.32 Å². The van der Waals surface area contributed by atoms with Crippen LogP contribution in [0.4, 0.5) is 5.69 Å². The van der Waals surface area contributed by atoms with E-state index >= 15 is 0 Å². The fraction of sp³-hybridized carbons (Fsp3) is 0.0556. The van der Waals surface area contributed by atoms with E-state index in [1.54, 1.807) is 12.1 Å². The molecule has 1 aromatic heterocycles. The Labute approximate surface area is 147 Å². The second kappa shape index (κ2) is 7.19. The molecular formula is C18H14ClN3O3. The number of hydrogen-bond donors (Lipinski definition) is 2. The van der Waals surface area contributed by atoms with Gasteiger partial charge in [0.25, 0.3) is 5.56 Å². The molecule has 0 saturated carbocycles. The Balaban J connectivity index is 1.75. The van der Waals surface area contributed by atoms with Crippen LogP contribution in [0.25, 0.3) is 11.1 Å². The predicted molar refractivity (Wildman–Crippen MR) is 96.8 cm³/mol. The second-order valence-electron chi connectivity index (χ2n) is 5.35. The molecule has 0 fully saturated rings. The van der Waals surface area contributed by atoms with Gasteiger partial charge in [-0.15, -0.1) is 0 Å². The molecule has 1 amide bonds. The lowest BCUT2D eigenvalue weighted by Gasteiger charge is -2.10. The molecule has 25 heavy (non-hydrogen) atoms. The van der Waals surface area contributed by atoms with Crippen molar-refractivity contribution in [2.45, 2.75) is 6.54 Å². The summed E-state index contributed by atoms with van der Waals surface area (Å²) >= 11 is 6.25. The van der Waals surface area contributed by atoms with Gasteiger partial charge in [-0.2, -0.15) is 0 Å². The quantitative estimate of drug-likeness (QED) is 0.754. The first-order chi connectivity index (χ1) is 12.0. The third-order valence-corrected chi connectivity index (χ3v) is 3.87. The number of aromatic amines is 1. The van der Waals surface area contributed by atoms with Gasteiger partial charge in [-0.3, -0.25) is 19.1 Å². The molecule has 1 heterocycles. The maximum atomic E-state index is 12.1. The molecule has 0 aliphatic heterocycles. The summed E-state index contributed by atoms with van der Waals surface area (Å²) in [7, 11) is 0. The van der Waals surface area contributed by atoms with Gasteiger partial charge in [0.15, 0.2) is 0 Å². The molecule has 3 aromatic rings. The van der Waals surface area contributed by atoms with Crippen LogP contribution < -0.4 is 16.6 Å². The monoisotopic (exact) mass is 355 g/mol. The Morgan fingerprint density at radius 1 is 1.04 bits per heavy atom. The van der Waals surface area contributed by atoms with Gasteiger partial charge >= 0.3 is 5.69 Å². The first-order valence-electron chi connectivity index (χ1n) is 7.47. The third-order valence-electron chi connectivity index (χ3n) is 3.56. The number of carbonyl (C=O) groups is 1. The minimum Gasteiger partial charge on any atom is -0.323 e. The van der Waals surface area contributed by atoms with E-state index in [-0.39, 0.29) is 6.54 Å². The number of carbonyl (C=O) groups excluding carboxylic acids is 1. The summed E-state index contributed by atoms with van der Waals surface area (Å²) in [4.78, 5) is 36.8. The van der Waals surface area contributed by atoms with Crippen molar-refractivity contribution in [1.29, 1.82) is 0 Å². The number of halogens is 1. The van der Waals surface area contributed by atoms with Crippen molar-refractivity contribution in [1.82, 2.24) is 9.55 Å². The van der Waals surface area contributed by atoms with Crippen LogP contribution in [0.5, 0.6) is 0 Å². The molecule has 2 aromatic carbocycles. The van der Waals surface area contributed by atoms with Crippen molar-refractivity contribution in [3.8, 4) is 11.1 Å². The van der Waals surface area contributed by atoms with E-state index in [1.165, 1.54) is 12.3 Å². The van der Waals surface area contributed by atoms with E-state index in [2.05, 4.69) is 10.3 Å². The zero-order valence-electron chi connectivity index (χ0n) is 13.0. The molecule has 0 saturated heterocycles. The van der Waals surface area contributed by atoms with Gasteiger partial charge in [0, 0.05) is 12.3 Å². The molecule has 0 bridgehead atoms. The van der Waals surface area contributed by atoms with Crippen molar-refractivity contribution in [2.75, 3.05) is 5.32 Å². The number of nitrogens with one attached hydrogen (secondary N) is 2. The lowest BCUT2D eigenvalue weighted by atomic mass is 10.1. The average Bonchev–Trinajstić information content (AvgIpc) is 2.60. The Hall–Kier alpha value is -3.12. The van der Waals surface area contributed by atoms with E-state index in [1.807, 2.05) is 36.4 Å². The fourth-order valence-corrected chi connectivity index (χ4v) is 2.57. The molecule has 0 radical (unpaired) electrons. The highest BCUT2D eigenvalue weighted by molar-refractivity contribution is 6.34. The summed E-state index contributed by atoms with van der Waals surface area (Å²) in [5.41, 5.74) is 1.24. The average molecular weight is 356 g/mol. The molecular weight excluding hydrogens is 342 g/mol. The van der Waals surface area contributed by atoms with E-state index in [4.69, 9.17) is 11.6 Å². The van der Waals surface area contributed by atoms with Gasteiger partial charge in [0.2, 0.25) is 5.91 Å². The van der Waals surface area contributed by atoms with E-state index in [0.29, 0.717) is 10.7 Å². The Bertz CT molecular complexity index is 1030. The van der Waals surface area contributed by atoms with E-state index in [9.17, 15) is 14.4 Å². The zero-order valence-corrected chi connectivity index (χ0v) is 13.8. The van der Waals surface area contributed by atoms with E-state index in [0.717, 1.165) is 15.7 Å². The van der Waals surface area contributed by atoms with Crippen LogP contribution in [0.3, 0.4) is 0 Å². The highest BCUT2D eigenvalue weighted by Crippen LogP contribution is 2.28. The SMILES string of the molecule is O=C(Cn1ccc(=O)[nH]c1=O)Nc1ccc(-c2ccccc2)cc1Cl. The molecule has 0 spiro atoms. The maximum Gasteiger partial charge on any atom is 0.328 e. The summed E-state index contributed by atoms with van der Waals surface area (Å²) < 4.78 is 1.10. The van der Waals surface area contributed by atoms with Gasteiger partial charge in [-0.25, -0.2) is 4.79 Å². The first-order valence-corrected chi connectivity index (χ1v) is 7.85. The van der Waals surface area contributed by atoms with Crippen LogP contribution >= 0.6 is 11.6 Å². The summed E-state index contributed by atoms with van der Waals surface area (Å²) in [5.74, 6) is -0.427. The summed E-state index contributed by atoms with van der Waals surface area (Å²) in [5, 5.41) is 3.05. The highest BCUT2D eigenvalue weighted by atomic mass is 35.5. The van der Waals surface area contributed by atoms with Crippen LogP contribution in [-0.2, 0) is 11.3 Å². The lowest BCUT2D eigenvalue weighted by Crippen LogP contribution is -2.32. The molecule has 6 nitrogen and oxygen atoms in total. The summed E-state index contributed by atoms with van der Waals surface area (Å²) in [6, 6.07) is 16.2. The maximum absolute atomic E-state index is 12.1. The lowest BCUT2D eigenvalue weighted by molar-refractivity contribution is -0.116. The minimum atomic E-state index is -0.645. The molecule has 0 unspecified atom stereocenters. The number of benzene rings is 2. The van der Waals surface area contributed by atoms with Gasteiger partial charge in [0.1, 0.15) is 6.54 Å². The summed E-state index contributed by atoms with van der Waals surface area (Å²) in [6.45, 7) is -0.230. The number of rotatable bonds is 4. The minimum absolute atomic E-state index is 0.230. The Morgan fingerprint density at radius 2 is 1.80 bits per heavy atom. The standard InChI is InChI=1S/C18H14ClN3O3/c19-14-10-13(12-4-2-1-3-5-12)6-7-15(14)20-17(24)11-22-9-8-16(23)21-18(22)25/h1-10H,11H2,(H,20,24)(H,21,23,25). The van der Waals surface area contributed by atoms with Crippen LogP contribution in [0.15, 0.2) is 70.4 Å². The number of hydrogen-bond acceptors (Lipinski definition) is 3. The zero-order chi connectivity index (χ0) is 17.8. The Kier molecular flexibility index (Phi) is 4.81. The molecule has 2 N–H and O–H groups in total. The van der Waals surface area contributed by atoms with Crippen molar-refractivity contribution < 1.29 is 4.79 Å². The van der Waals surface area contributed by atoms with Gasteiger partial charge in [0.05, 0.1) is 10.7 Å². The molecule has 0 aliphatic rings. The topological polar surface area (TPSA) is 84.0 Å². The van der Waals surface area contributed by atoms with Crippen LogP contribution in [0.2, 0.25) is 5.02 Å². The van der Waals surface area contributed by atoms with Crippen LogP contribution in [-0.4, -0.2) is 15.5 Å². The van der Waals surface area contributed by atoms with Crippen molar-refractivity contribution >= 4 is 23.2 Å². The third kappa shape index (κ3) is 4.05. The normalized spacial score (nSPS) is 10.4. The number of H-pyrrole nitrogens is 1. The van der Waals surface area contributed by atoms with Gasteiger partial charge in [-0.05, 0) is 23.3 Å². The van der Waals surface area contributed by atoms with E-state index < -0.39 is 17.2 Å². The number of amides is 1. The number of anilines is 1. The fourth-order valence-electron chi connectivity index (χ4n) is 2.34. The van der Waals surface area contributed by atoms with Crippen LogP contribution in [0.1, 0.15) is 0 Å². The number of nitrogens with zero attached hydrogens (tertiary/aromatic N) is 1. The molecule has 0 aliphatic carbocycles. The molecule has 126 valence electrons. The molecule has 0 atom stereocenters. The second-order valence-corrected chi connectivity index (χ2v) is 5.75. The van der Waals surface area contributed by atoms with Crippen molar-refractivity contribution in [3.05, 3.63) is 86.7 Å². The highest BCUT2D eigenvalue weighted by Gasteiger charge is 2.09. The smallest absolute Gasteiger partial charge is 0.323 e.